The van der Waals surface area contributed by atoms with Gasteiger partial charge in [0.15, 0.2) is 0 Å². The first-order valence-electron chi connectivity index (χ1n) is 4.85. The van der Waals surface area contributed by atoms with Crippen LogP contribution >= 0.6 is 0 Å². The van der Waals surface area contributed by atoms with Crippen LogP contribution in [0.5, 0.6) is 0 Å². The summed E-state index contributed by atoms with van der Waals surface area (Å²) in [5, 5.41) is 3.75. The summed E-state index contributed by atoms with van der Waals surface area (Å²) in [6, 6.07) is 5.76. The van der Waals surface area contributed by atoms with Crippen LogP contribution in [0, 0.1) is 0 Å². The fraction of sp³-hybridized carbons (Fsp3) is 0.182. The van der Waals surface area contributed by atoms with Crippen molar-refractivity contribution in [3.05, 3.63) is 30.0 Å². The van der Waals surface area contributed by atoms with Crippen molar-refractivity contribution in [3.8, 4) is 0 Å². The molecule has 1 aromatic carbocycles. The normalized spacial score (nSPS) is 10.5. The van der Waals surface area contributed by atoms with E-state index in [0.29, 0.717) is 13.0 Å². The van der Waals surface area contributed by atoms with Crippen LogP contribution in [0.4, 0.5) is 5.69 Å². The highest BCUT2D eigenvalue weighted by Gasteiger charge is 2.03. The molecule has 0 radical (unpaired) electrons. The smallest absolute Gasteiger partial charge is 0.211 e. The minimum Gasteiger partial charge on any atom is -0.361 e. The molecule has 1 amide bonds. The van der Waals surface area contributed by atoms with Crippen molar-refractivity contribution >= 4 is 23.0 Å². The summed E-state index contributed by atoms with van der Waals surface area (Å²) in [7, 11) is 0. The third kappa shape index (κ3) is 1.85. The lowest BCUT2D eigenvalue weighted by atomic mass is 10.1. The number of hydrogen-bond donors (Lipinski definition) is 3. The maximum atomic E-state index is 10.3. The summed E-state index contributed by atoms with van der Waals surface area (Å²) in [4.78, 5) is 13.5. The van der Waals surface area contributed by atoms with Gasteiger partial charge in [-0.25, -0.2) is 0 Å². The van der Waals surface area contributed by atoms with Crippen LogP contribution in [-0.4, -0.2) is 17.9 Å². The van der Waals surface area contributed by atoms with Crippen molar-refractivity contribution in [2.24, 2.45) is 5.73 Å². The van der Waals surface area contributed by atoms with Crippen LogP contribution in [0.1, 0.15) is 5.56 Å². The summed E-state index contributed by atoms with van der Waals surface area (Å²) >= 11 is 0. The van der Waals surface area contributed by atoms with Gasteiger partial charge >= 0.3 is 0 Å². The average Bonchev–Trinajstić information content (AvgIpc) is 2.63. The number of aromatic nitrogens is 1. The Bertz CT molecular complexity index is 476. The molecule has 1 aromatic heterocycles. The molecule has 0 spiro atoms. The van der Waals surface area contributed by atoms with Gasteiger partial charge in [-0.3, -0.25) is 4.79 Å². The maximum Gasteiger partial charge on any atom is 0.211 e. The molecule has 0 aliphatic rings. The van der Waals surface area contributed by atoms with Crippen LogP contribution in [0.15, 0.2) is 24.4 Å². The average molecular weight is 203 g/mol. The molecule has 4 N–H and O–H groups in total. The number of hydrogen-bond acceptors (Lipinski definition) is 2. The Morgan fingerprint density at radius 3 is 3.07 bits per heavy atom. The van der Waals surface area contributed by atoms with Crippen molar-refractivity contribution in [2.45, 2.75) is 6.42 Å². The summed E-state index contributed by atoms with van der Waals surface area (Å²) in [5.74, 6) is 0. The van der Waals surface area contributed by atoms with Gasteiger partial charge in [0.2, 0.25) is 6.41 Å². The number of rotatable bonds is 4. The number of nitrogens with one attached hydrogen (secondary N) is 2. The zero-order valence-corrected chi connectivity index (χ0v) is 8.29. The van der Waals surface area contributed by atoms with E-state index in [2.05, 4.69) is 10.3 Å². The van der Waals surface area contributed by atoms with E-state index in [4.69, 9.17) is 5.73 Å². The number of amides is 1. The van der Waals surface area contributed by atoms with Crippen molar-refractivity contribution in [3.63, 3.8) is 0 Å². The zero-order chi connectivity index (χ0) is 10.7. The first-order valence-corrected chi connectivity index (χ1v) is 4.85. The summed E-state index contributed by atoms with van der Waals surface area (Å²) < 4.78 is 0. The molecule has 0 saturated heterocycles. The molecule has 0 bridgehead atoms. The van der Waals surface area contributed by atoms with E-state index in [0.717, 1.165) is 23.0 Å². The maximum absolute atomic E-state index is 10.3. The Hall–Kier alpha value is -1.81. The van der Waals surface area contributed by atoms with E-state index in [1.165, 1.54) is 5.56 Å². The van der Waals surface area contributed by atoms with Crippen molar-refractivity contribution in [1.29, 1.82) is 0 Å². The number of carbonyl (C=O) groups excluding carboxylic acids is 1. The van der Waals surface area contributed by atoms with Crippen molar-refractivity contribution < 1.29 is 4.79 Å². The van der Waals surface area contributed by atoms with Crippen molar-refractivity contribution in [2.75, 3.05) is 11.9 Å². The largest absolute Gasteiger partial charge is 0.361 e. The number of nitrogens with two attached hydrogens (primary N) is 1. The quantitative estimate of drug-likeness (QED) is 0.654. The third-order valence-corrected chi connectivity index (χ3v) is 2.41. The molecule has 0 aliphatic carbocycles. The minimum atomic E-state index is 0.623. The van der Waals surface area contributed by atoms with Crippen LogP contribution in [0.25, 0.3) is 10.9 Å². The summed E-state index contributed by atoms with van der Waals surface area (Å²) in [6.45, 7) is 0.623. The molecule has 2 aromatic rings. The monoisotopic (exact) mass is 203 g/mol. The van der Waals surface area contributed by atoms with Gasteiger partial charge in [-0.2, -0.15) is 0 Å². The van der Waals surface area contributed by atoms with Gasteiger partial charge in [0.1, 0.15) is 0 Å². The molecule has 0 aliphatic heterocycles. The van der Waals surface area contributed by atoms with E-state index >= 15 is 0 Å². The van der Waals surface area contributed by atoms with Gasteiger partial charge in [-0.1, -0.05) is 0 Å². The summed E-state index contributed by atoms with van der Waals surface area (Å²) in [5.41, 5.74) is 8.57. The molecule has 0 unspecified atom stereocenters. The molecule has 15 heavy (non-hydrogen) atoms. The Kier molecular flexibility index (Phi) is 2.69. The number of H-pyrrole nitrogens is 1. The summed E-state index contributed by atoms with van der Waals surface area (Å²) in [6.07, 6.45) is 3.48. The molecule has 4 heteroatoms. The van der Waals surface area contributed by atoms with Crippen LogP contribution in [0.2, 0.25) is 0 Å². The van der Waals surface area contributed by atoms with E-state index in [1.807, 2.05) is 24.4 Å². The lowest BCUT2D eigenvalue weighted by Crippen LogP contribution is -2.02. The molecule has 4 nitrogen and oxygen atoms in total. The number of fused-ring (bicyclic) bond motifs is 1. The molecule has 2 rings (SSSR count). The first kappa shape index (κ1) is 9.73. The standard InChI is InChI=1S/C11H13N3O/c12-4-3-8-6-13-11-2-1-9(14-7-15)5-10(8)11/h1-2,5-7,13H,3-4,12H2,(H,14,15). The van der Waals surface area contributed by atoms with E-state index < -0.39 is 0 Å². The second-order valence-corrected chi connectivity index (χ2v) is 3.38. The highest BCUT2D eigenvalue weighted by atomic mass is 16.1. The lowest BCUT2D eigenvalue weighted by Gasteiger charge is -2.00. The fourth-order valence-electron chi connectivity index (χ4n) is 1.70. The van der Waals surface area contributed by atoms with Crippen LogP contribution < -0.4 is 11.1 Å². The van der Waals surface area contributed by atoms with E-state index in [9.17, 15) is 4.79 Å². The van der Waals surface area contributed by atoms with Crippen LogP contribution in [-0.2, 0) is 11.2 Å². The first-order chi connectivity index (χ1) is 7.35. The highest BCUT2D eigenvalue weighted by molar-refractivity contribution is 5.88. The molecular weight excluding hydrogens is 190 g/mol. The molecule has 0 saturated carbocycles. The fourth-order valence-corrected chi connectivity index (χ4v) is 1.70. The van der Waals surface area contributed by atoms with Gasteiger partial charge in [0, 0.05) is 22.8 Å². The Balaban J connectivity index is 2.46. The number of anilines is 1. The van der Waals surface area contributed by atoms with Gasteiger partial charge in [0.05, 0.1) is 0 Å². The third-order valence-electron chi connectivity index (χ3n) is 2.41. The SMILES string of the molecule is NCCc1c[nH]c2ccc(NC=O)cc12. The van der Waals surface area contributed by atoms with Gasteiger partial charge in [-0.15, -0.1) is 0 Å². The van der Waals surface area contributed by atoms with Gasteiger partial charge in [0.25, 0.3) is 0 Å². The van der Waals surface area contributed by atoms with E-state index in [1.54, 1.807) is 0 Å². The van der Waals surface area contributed by atoms with Gasteiger partial charge < -0.3 is 16.0 Å². The number of benzene rings is 1. The number of carbonyl (C=O) groups is 1. The molecular formula is C11H13N3O. The number of aromatic amines is 1. The lowest BCUT2D eigenvalue weighted by molar-refractivity contribution is -0.105. The minimum absolute atomic E-state index is 0.623. The van der Waals surface area contributed by atoms with Crippen LogP contribution in [0.3, 0.4) is 0 Å². The molecule has 0 fully saturated rings. The molecule has 0 atom stereocenters. The Morgan fingerprint density at radius 1 is 1.47 bits per heavy atom. The predicted octanol–water partition coefficient (Wildman–Crippen LogP) is 1.24. The zero-order valence-electron chi connectivity index (χ0n) is 8.29. The van der Waals surface area contributed by atoms with Crippen molar-refractivity contribution in [1.82, 2.24) is 4.98 Å². The Labute approximate surface area is 87.5 Å². The second-order valence-electron chi connectivity index (χ2n) is 3.38. The second kappa shape index (κ2) is 4.14. The molecule has 1 heterocycles. The predicted molar refractivity (Wildman–Crippen MR) is 60.7 cm³/mol. The Morgan fingerprint density at radius 2 is 2.33 bits per heavy atom. The highest BCUT2D eigenvalue weighted by Crippen LogP contribution is 2.22. The topological polar surface area (TPSA) is 70.9 Å². The molecule has 78 valence electrons. The van der Waals surface area contributed by atoms with E-state index in [-0.39, 0.29) is 0 Å². The van der Waals surface area contributed by atoms with Gasteiger partial charge in [-0.05, 0) is 36.7 Å².